The zero-order valence-corrected chi connectivity index (χ0v) is 19.2. The summed E-state index contributed by atoms with van der Waals surface area (Å²) >= 11 is 5.97. The number of esters is 2. The van der Waals surface area contributed by atoms with Crippen molar-refractivity contribution < 1.29 is 33.3 Å². The maximum atomic E-state index is 13.2. The van der Waals surface area contributed by atoms with Crippen LogP contribution in [-0.2, 0) is 14.4 Å². The molecule has 0 aliphatic carbocycles. The van der Waals surface area contributed by atoms with Gasteiger partial charge in [0.05, 0.1) is 20.3 Å². The lowest BCUT2D eigenvalue weighted by atomic mass is 9.93. The van der Waals surface area contributed by atoms with Crippen LogP contribution in [0.5, 0.6) is 23.0 Å². The molecule has 0 bridgehead atoms. The van der Waals surface area contributed by atoms with Crippen LogP contribution in [0.4, 0.5) is 0 Å². The van der Waals surface area contributed by atoms with Crippen molar-refractivity contribution in [2.75, 3.05) is 14.2 Å². The number of nitrogens with one attached hydrogen (secondary N) is 1. The summed E-state index contributed by atoms with van der Waals surface area (Å²) < 4.78 is 21.1. The average Bonchev–Trinajstić information content (AvgIpc) is 2.85. The maximum Gasteiger partial charge on any atom is 0.328 e. The topological polar surface area (TPSA) is 100 Å². The first-order valence-electron chi connectivity index (χ1n) is 10.1. The molecular weight excluding hydrogens is 462 g/mol. The molecule has 0 saturated heterocycles. The predicted molar refractivity (Wildman–Crippen MR) is 124 cm³/mol. The molecule has 9 heteroatoms. The summed E-state index contributed by atoms with van der Waals surface area (Å²) in [6.07, 6.45) is 0.396. The van der Waals surface area contributed by atoms with E-state index in [2.05, 4.69) is 5.32 Å². The van der Waals surface area contributed by atoms with Crippen LogP contribution < -0.4 is 24.3 Å². The highest BCUT2D eigenvalue weighted by molar-refractivity contribution is 6.30. The number of ether oxygens (including phenoxy) is 4. The second-order valence-electron chi connectivity index (χ2n) is 6.98. The fraction of sp³-hybridized carbons (Fsp3) is 0.160. The molecule has 0 aliphatic heterocycles. The molecule has 3 rings (SSSR count). The number of carbonyl (C=O) groups excluding carboxylic acids is 3. The highest BCUT2D eigenvalue weighted by Gasteiger charge is 2.39. The zero-order valence-electron chi connectivity index (χ0n) is 18.4. The molecule has 0 unspecified atom stereocenters. The molecule has 34 heavy (non-hydrogen) atoms. The van der Waals surface area contributed by atoms with Gasteiger partial charge in [-0.25, -0.2) is 0 Å². The van der Waals surface area contributed by atoms with Crippen molar-refractivity contribution in [3.05, 3.63) is 83.4 Å². The number of amides is 1. The number of rotatable bonds is 10. The summed E-state index contributed by atoms with van der Waals surface area (Å²) in [5.41, 5.74) is 0.458. The molecule has 1 amide bonds. The molecule has 1 atom stereocenters. The Morgan fingerprint density at radius 1 is 0.735 bits per heavy atom. The number of benzene rings is 3. The van der Waals surface area contributed by atoms with Gasteiger partial charge < -0.3 is 24.3 Å². The van der Waals surface area contributed by atoms with E-state index >= 15 is 0 Å². The number of carbonyl (C=O) groups is 3. The van der Waals surface area contributed by atoms with E-state index in [4.69, 9.17) is 30.5 Å². The number of halogens is 1. The van der Waals surface area contributed by atoms with Gasteiger partial charge in [0, 0.05) is 5.02 Å². The lowest BCUT2D eigenvalue weighted by Gasteiger charge is -2.24. The van der Waals surface area contributed by atoms with Crippen LogP contribution in [0.15, 0.2) is 72.8 Å². The molecule has 8 nitrogen and oxygen atoms in total. The van der Waals surface area contributed by atoms with Crippen molar-refractivity contribution in [1.82, 2.24) is 5.32 Å². The van der Waals surface area contributed by atoms with E-state index in [-0.39, 0.29) is 11.5 Å². The number of methoxy groups -OCH3 is 2. The summed E-state index contributed by atoms with van der Waals surface area (Å²) in [5.74, 6) is -1.86. The summed E-state index contributed by atoms with van der Waals surface area (Å²) in [7, 11) is 3.02. The van der Waals surface area contributed by atoms with Crippen LogP contribution in [0.2, 0.25) is 5.02 Å². The molecule has 3 aromatic carbocycles. The highest BCUT2D eigenvalue weighted by atomic mass is 35.5. The Labute approximate surface area is 201 Å². The van der Waals surface area contributed by atoms with Crippen LogP contribution in [-0.4, -0.2) is 32.6 Å². The summed E-state index contributed by atoms with van der Waals surface area (Å²) in [6, 6.07) is 17.8. The molecule has 0 spiro atoms. The van der Waals surface area contributed by atoms with Crippen molar-refractivity contribution in [2.24, 2.45) is 5.92 Å². The SMILES string of the molecule is COc1ccc(OC(=O)C(C(=O)Oc2ccc(OC)cc2)[C@H](NC=O)c2ccc(Cl)cc2)cc1. The van der Waals surface area contributed by atoms with E-state index in [0.717, 1.165) is 0 Å². The van der Waals surface area contributed by atoms with Gasteiger partial charge in [-0.15, -0.1) is 0 Å². The molecule has 0 aromatic heterocycles. The van der Waals surface area contributed by atoms with Crippen LogP contribution in [0.25, 0.3) is 0 Å². The smallest absolute Gasteiger partial charge is 0.328 e. The second kappa shape index (κ2) is 11.7. The van der Waals surface area contributed by atoms with Crippen molar-refractivity contribution in [1.29, 1.82) is 0 Å². The molecule has 0 radical (unpaired) electrons. The Bertz CT molecular complexity index is 1050. The summed E-state index contributed by atoms with van der Waals surface area (Å²) in [4.78, 5) is 37.8. The largest absolute Gasteiger partial charge is 0.497 e. The molecule has 176 valence electrons. The van der Waals surface area contributed by atoms with Crippen LogP contribution >= 0.6 is 11.6 Å². The lowest BCUT2D eigenvalue weighted by Crippen LogP contribution is -2.41. The van der Waals surface area contributed by atoms with Crippen LogP contribution in [0, 0.1) is 5.92 Å². The van der Waals surface area contributed by atoms with Crippen molar-refractivity contribution in [3.8, 4) is 23.0 Å². The zero-order chi connectivity index (χ0) is 24.5. The minimum absolute atomic E-state index is 0.189. The van der Waals surface area contributed by atoms with Gasteiger partial charge in [0.15, 0.2) is 5.92 Å². The Balaban J connectivity index is 1.93. The van der Waals surface area contributed by atoms with E-state index in [1.165, 1.54) is 38.5 Å². The molecule has 0 aliphatic rings. The first kappa shape index (κ1) is 24.6. The Morgan fingerprint density at radius 2 is 1.15 bits per heavy atom. The van der Waals surface area contributed by atoms with Gasteiger partial charge in [-0.1, -0.05) is 23.7 Å². The van der Waals surface area contributed by atoms with Crippen molar-refractivity contribution in [2.45, 2.75) is 6.04 Å². The second-order valence-corrected chi connectivity index (χ2v) is 7.42. The number of hydrogen-bond acceptors (Lipinski definition) is 7. The van der Waals surface area contributed by atoms with E-state index < -0.39 is 23.9 Å². The van der Waals surface area contributed by atoms with Gasteiger partial charge >= 0.3 is 11.9 Å². The van der Waals surface area contributed by atoms with E-state index in [0.29, 0.717) is 28.5 Å². The van der Waals surface area contributed by atoms with Gasteiger partial charge in [-0.05, 0) is 66.2 Å². The first-order chi connectivity index (χ1) is 16.4. The van der Waals surface area contributed by atoms with Gasteiger partial charge in [0.1, 0.15) is 23.0 Å². The van der Waals surface area contributed by atoms with E-state index in [9.17, 15) is 14.4 Å². The maximum absolute atomic E-state index is 13.2. The van der Waals surface area contributed by atoms with Gasteiger partial charge in [0.2, 0.25) is 6.41 Å². The third kappa shape index (κ3) is 6.26. The predicted octanol–water partition coefficient (Wildman–Crippen LogP) is 3.97. The fourth-order valence-electron chi connectivity index (χ4n) is 3.14. The summed E-state index contributed by atoms with van der Waals surface area (Å²) in [6.45, 7) is 0. The quantitative estimate of drug-likeness (QED) is 0.201. The minimum atomic E-state index is -1.53. The Morgan fingerprint density at radius 3 is 1.53 bits per heavy atom. The van der Waals surface area contributed by atoms with Crippen LogP contribution in [0.1, 0.15) is 11.6 Å². The van der Waals surface area contributed by atoms with Crippen molar-refractivity contribution in [3.63, 3.8) is 0 Å². The third-order valence-electron chi connectivity index (χ3n) is 4.87. The lowest BCUT2D eigenvalue weighted by molar-refractivity contribution is -0.152. The Hall–Kier alpha value is -4.04. The fourth-order valence-corrected chi connectivity index (χ4v) is 3.27. The molecule has 0 heterocycles. The Kier molecular flexibility index (Phi) is 8.48. The van der Waals surface area contributed by atoms with Crippen LogP contribution in [0.3, 0.4) is 0 Å². The standard InChI is InChI=1S/C25H22ClNO7/c1-31-18-7-11-20(12-8-18)33-24(29)22(23(27-15-28)16-3-5-17(26)6-4-16)25(30)34-21-13-9-19(32-2)10-14-21/h3-15,22-23H,1-2H3,(H,27,28)/t23-/m1/s1. The van der Waals surface area contributed by atoms with Crippen molar-refractivity contribution >= 4 is 29.9 Å². The van der Waals surface area contributed by atoms with Gasteiger partial charge in [-0.3, -0.25) is 14.4 Å². The highest BCUT2D eigenvalue weighted by Crippen LogP contribution is 2.28. The first-order valence-corrected chi connectivity index (χ1v) is 10.5. The number of hydrogen-bond donors (Lipinski definition) is 1. The van der Waals surface area contributed by atoms with E-state index in [1.54, 1.807) is 48.5 Å². The molecule has 0 fully saturated rings. The summed E-state index contributed by atoms with van der Waals surface area (Å²) in [5, 5.41) is 2.97. The molecule has 1 N–H and O–H groups in total. The molecule has 3 aromatic rings. The monoisotopic (exact) mass is 483 g/mol. The molecule has 0 saturated carbocycles. The van der Waals surface area contributed by atoms with Gasteiger partial charge in [-0.2, -0.15) is 0 Å². The third-order valence-corrected chi connectivity index (χ3v) is 5.13. The minimum Gasteiger partial charge on any atom is -0.497 e. The average molecular weight is 484 g/mol. The molecular formula is C25H22ClNO7. The van der Waals surface area contributed by atoms with E-state index in [1.807, 2.05) is 0 Å². The van der Waals surface area contributed by atoms with Gasteiger partial charge in [0.25, 0.3) is 0 Å². The normalized spacial score (nSPS) is 11.3.